The monoisotopic (exact) mass is 267 g/mol. The van der Waals surface area contributed by atoms with Crippen molar-refractivity contribution in [2.24, 2.45) is 5.73 Å². The molecule has 0 saturated carbocycles. The Morgan fingerprint density at radius 1 is 1.32 bits per heavy atom. The van der Waals surface area contributed by atoms with E-state index in [0.29, 0.717) is 17.1 Å². The van der Waals surface area contributed by atoms with Crippen molar-refractivity contribution < 1.29 is 19.4 Å². The lowest BCUT2D eigenvalue weighted by molar-refractivity contribution is -0.138. The quantitative estimate of drug-likeness (QED) is 0.823. The van der Waals surface area contributed by atoms with Crippen LogP contribution < -0.4 is 15.2 Å². The van der Waals surface area contributed by atoms with Crippen LogP contribution in [0.4, 0.5) is 0 Å². The maximum Gasteiger partial charge on any atom is 0.312 e. The number of nitrogens with two attached hydrogens (primary N) is 1. The molecular weight excluding hydrogens is 246 g/mol. The highest BCUT2D eigenvalue weighted by molar-refractivity contribution is 5.79. The number of carbonyl (C=O) groups is 1. The molecule has 1 aromatic carbocycles. The van der Waals surface area contributed by atoms with Crippen LogP contribution in [0.5, 0.6) is 11.5 Å². The first kappa shape index (κ1) is 15.3. The summed E-state index contributed by atoms with van der Waals surface area (Å²) in [5, 5.41) is 9.34. The zero-order chi connectivity index (χ0) is 14.6. The molecule has 0 aliphatic rings. The average Bonchev–Trinajstić information content (AvgIpc) is 2.37. The molecule has 0 spiro atoms. The molecule has 3 N–H and O–H groups in total. The van der Waals surface area contributed by atoms with E-state index in [2.05, 4.69) is 0 Å². The van der Waals surface area contributed by atoms with E-state index in [0.717, 1.165) is 5.56 Å². The fraction of sp³-hybridized carbons (Fsp3) is 0.500. The van der Waals surface area contributed by atoms with Gasteiger partial charge >= 0.3 is 5.97 Å². The van der Waals surface area contributed by atoms with Gasteiger partial charge in [0.2, 0.25) is 0 Å². The standard InChI is InChI=1S/C14H21NO4/c1-8(2)9-5-6-11(18-3)13(19-4)12(9)10(7-15)14(16)17/h5-6,8,10H,7,15H2,1-4H3,(H,16,17). The van der Waals surface area contributed by atoms with Crippen molar-refractivity contribution in [1.82, 2.24) is 0 Å². The number of ether oxygens (including phenoxy) is 2. The number of hydrogen-bond donors (Lipinski definition) is 2. The smallest absolute Gasteiger partial charge is 0.312 e. The Balaban J connectivity index is 3.57. The molecule has 5 heteroatoms. The third-order valence-electron chi connectivity index (χ3n) is 3.12. The van der Waals surface area contributed by atoms with E-state index in [-0.39, 0.29) is 12.5 Å². The lowest BCUT2D eigenvalue weighted by Crippen LogP contribution is -2.23. The zero-order valence-corrected chi connectivity index (χ0v) is 11.8. The van der Waals surface area contributed by atoms with Crippen LogP contribution in [-0.4, -0.2) is 31.8 Å². The molecule has 0 fully saturated rings. The van der Waals surface area contributed by atoms with Gasteiger partial charge < -0.3 is 20.3 Å². The molecule has 1 rings (SSSR count). The van der Waals surface area contributed by atoms with Crippen LogP contribution in [0, 0.1) is 0 Å². The first-order valence-electron chi connectivity index (χ1n) is 6.15. The average molecular weight is 267 g/mol. The minimum absolute atomic E-state index is 0.0125. The Hall–Kier alpha value is -1.75. The summed E-state index contributed by atoms with van der Waals surface area (Å²) in [6.45, 7) is 4.01. The molecule has 19 heavy (non-hydrogen) atoms. The van der Waals surface area contributed by atoms with Gasteiger partial charge in [-0.1, -0.05) is 19.9 Å². The summed E-state index contributed by atoms with van der Waals surface area (Å²) >= 11 is 0. The predicted octanol–water partition coefficient (Wildman–Crippen LogP) is 1.95. The summed E-state index contributed by atoms with van der Waals surface area (Å²) in [5.41, 5.74) is 7.13. The molecule has 0 saturated heterocycles. The van der Waals surface area contributed by atoms with Gasteiger partial charge in [0.15, 0.2) is 11.5 Å². The fourth-order valence-electron chi connectivity index (χ4n) is 2.17. The molecule has 0 aliphatic heterocycles. The van der Waals surface area contributed by atoms with Crippen LogP contribution in [-0.2, 0) is 4.79 Å². The topological polar surface area (TPSA) is 81.8 Å². The summed E-state index contributed by atoms with van der Waals surface area (Å²) in [7, 11) is 3.02. The van der Waals surface area contributed by atoms with E-state index in [1.165, 1.54) is 14.2 Å². The summed E-state index contributed by atoms with van der Waals surface area (Å²) < 4.78 is 10.6. The summed E-state index contributed by atoms with van der Waals surface area (Å²) in [4.78, 5) is 11.4. The van der Waals surface area contributed by atoms with E-state index in [4.69, 9.17) is 15.2 Å². The summed E-state index contributed by atoms with van der Waals surface area (Å²) in [6.07, 6.45) is 0. The Labute approximate surface area is 113 Å². The van der Waals surface area contributed by atoms with Gasteiger partial charge in [-0.3, -0.25) is 4.79 Å². The molecule has 0 aliphatic carbocycles. The Morgan fingerprint density at radius 3 is 2.32 bits per heavy atom. The fourth-order valence-corrected chi connectivity index (χ4v) is 2.17. The van der Waals surface area contributed by atoms with Gasteiger partial charge in [0, 0.05) is 12.1 Å². The van der Waals surface area contributed by atoms with E-state index in [1.807, 2.05) is 19.9 Å². The molecule has 1 aromatic rings. The van der Waals surface area contributed by atoms with Gasteiger partial charge in [-0.05, 0) is 17.5 Å². The van der Waals surface area contributed by atoms with Crippen LogP contribution in [0.15, 0.2) is 12.1 Å². The third-order valence-corrected chi connectivity index (χ3v) is 3.12. The molecule has 0 radical (unpaired) electrons. The van der Waals surface area contributed by atoms with Crippen LogP contribution in [0.3, 0.4) is 0 Å². The van der Waals surface area contributed by atoms with Gasteiger partial charge in [-0.25, -0.2) is 0 Å². The van der Waals surface area contributed by atoms with Crippen molar-refractivity contribution in [2.75, 3.05) is 20.8 Å². The molecular formula is C14H21NO4. The first-order valence-corrected chi connectivity index (χ1v) is 6.15. The number of benzene rings is 1. The van der Waals surface area contributed by atoms with Gasteiger partial charge in [0.05, 0.1) is 20.1 Å². The van der Waals surface area contributed by atoms with Crippen LogP contribution >= 0.6 is 0 Å². The highest BCUT2D eigenvalue weighted by Crippen LogP contribution is 2.40. The van der Waals surface area contributed by atoms with Crippen LogP contribution in [0.25, 0.3) is 0 Å². The number of hydrogen-bond acceptors (Lipinski definition) is 4. The molecule has 0 amide bonds. The molecule has 0 heterocycles. The van der Waals surface area contributed by atoms with E-state index in [9.17, 15) is 9.90 Å². The van der Waals surface area contributed by atoms with Crippen LogP contribution in [0.2, 0.25) is 0 Å². The van der Waals surface area contributed by atoms with Gasteiger partial charge in [0.1, 0.15) is 0 Å². The lowest BCUT2D eigenvalue weighted by Gasteiger charge is -2.22. The second kappa shape index (κ2) is 6.43. The third kappa shape index (κ3) is 2.98. The van der Waals surface area contributed by atoms with Gasteiger partial charge in [-0.2, -0.15) is 0 Å². The highest BCUT2D eigenvalue weighted by atomic mass is 16.5. The van der Waals surface area contributed by atoms with E-state index >= 15 is 0 Å². The Morgan fingerprint density at radius 2 is 1.95 bits per heavy atom. The SMILES string of the molecule is COc1ccc(C(C)C)c(C(CN)C(=O)O)c1OC. The molecule has 1 unspecified atom stereocenters. The molecule has 106 valence electrons. The van der Waals surface area contributed by atoms with Crippen molar-refractivity contribution in [3.8, 4) is 11.5 Å². The number of aliphatic carboxylic acids is 1. The summed E-state index contributed by atoms with van der Waals surface area (Å²) in [5.74, 6) is -0.630. The molecule has 1 atom stereocenters. The molecule has 5 nitrogen and oxygen atoms in total. The van der Waals surface area contributed by atoms with Crippen molar-refractivity contribution in [3.05, 3.63) is 23.3 Å². The van der Waals surface area contributed by atoms with Gasteiger partial charge in [0.25, 0.3) is 0 Å². The molecule has 0 bridgehead atoms. The van der Waals surface area contributed by atoms with Gasteiger partial charge in [-0.15, -0.1) is 0 Å². The molecule has 0 aromatic heterocycles. The minimum atomic E-state index is -0.962. The first-order chi connectivity index (χ1) is 8.97. The number of methoxy groups -OCH3 is 2. The largest absolute Gasteiger partial charge is 0.493 e. The number of rotatable bonds is 6. The lowest BCUT2D eigenvalue weighted by atomic mass is 9.87. The Bertz CT molecular complexity index is 457. The minimum Gasteiger partial charge on any atom is -0.493 e. The van der Waals surface area contributed by atoms with Crippen molar-refractivity contribution in [1.29, 1.82) is 0 Å². The Kier molecular flexibility index (Phi) is 5.18. The van der Waals surface area contributed by atoms with Crippen molar-refractivity contribution in [2.45, 2.75) is 25.7 Å². The number of carboxylic acid groups (broad SMARTS) is 1. The van der Waals surface area contributed by atoms with Crippen molar-refractivity contribution in [3.63, 3.8) is 0 Å². The zero-order valence-electron chi connectivity index (χ0n) is 11.8. The van der Waals surface area contributed by atoms with E-state index in [1.54, 1.807) is 6.07 Å². The number of carboxylic acids is 1. The highest BCUT2D eigenvalue weighted by Gasteiger charge is 2.28. The maximum absolute atomic E-state index is 11.4. The maximum atomic E-state index is 11.4. The second-order valence-electron chi connectivity index (χ2n) is 4.59. The normalized spacial score (nSPS) is 12.3. The van der Waals surface area contributed by atoms with Crippen molar-refractivity contribution >= 4 is 5.97 Å². The second-order valence-corrected chi connectivity index (χ2v) is 4.59. The van der Waals surface area contributed by atoms with Crippen LogP contribution in [0.1, 0.15) is 36.8 Å². The van der Waals surface area contributed by atoms with E-state index < -0.39 is 11.9 Å². The predicted molar refractivity (Wildman–Crippen MR) is 73.1 cm³/mol. The summed E-state index contributed by atoms with van der Waals surface area (Å²) in [6, 6.07) is 3.65.